The Balaban J connectivity index is 2.09. The van der Waals surface area contributed by atoms with Crippen molar-refractivity contribution in [1.82, 2.24) is 10.2 Å². The van der Waals surface area contributed by atoms with E-state index in [0.717, 1.165) is 12.1 Å². The van der Waals surface area contributed by atoms with Gasteiger partial charge in [0, 0.05) is 31.6 Å². The Morgan fingerprint density at radius 3 is 2.75 bits per heavy atom. The molecule has 24 heavy (non-hydrogen) atoms. The number of nitrogens with zero attached hydrogens (tertiary/aromatic N) is 1. The first kappa shape index (κ1) is 18.7. The first-order chi connectivity index (χ1) is 11.2. The van der Waals surface area contributed by atoms with Gasteiger partial charge in [0.25, 0.3) is 0 Å². The van der Waals surface area contributed by atoms with Crippen molar-refractivity contribution in [3.05, 3.63) is 35.4 Å². The summed E-state index contributed by atoms with van der Waals surface area (Å²) in [7, 11) is 0. The zero-order valence-corrected chi connectivity index (χ0v) is 13.8. The Hall–Kier alpha value is -1.60. The molecule has 1 aromatic rings. The largest absolute Gasteiger partial charge is 0.416 e. The smallest absolute Gasteiger partial charge is 0.392 e. The fraction of sp³-hybridized carbons (Fsp3) is 0.588. The van der Waals surface area contributed by atoms with E-state index >= 15 is 0 Å². The molecule has 2 N–H and O–H groups in total. The van der Waals surface area contributed by atoms with Gasteiger partial charge in [0.1, 0.15) is 0 Å². The van der Waals surface area contributed by atoms with E-state index < -0.39 is 17.8 Å². The van der Waals surface area contributed by atoms with Crippen molar-refractivity contribution in [2.24, 2.45) is 0 Å². The molecule has 0 saturated carbocycles. The SMILES string of the molecule is CC(C)NC(=O)CCN1C[C@H](O)C[C@@H]1c1cccc(C(F)(F)F)c1. The van der Waals surface area contributed by atoms with Crippen LogP contribution >= 0.6 is 0 Å². The van der Waals surface area contributed by atoms with Crippen LogP contribution in [0.15, 0.2) is 24.3 Å². The number of likely N-dealkylation sites (tertiary alicyclic amines) is 1. The molecule has 0 radical (unpaired) electrons. The number of hydrogen-bond acceptors (Lipinski definition) is 3. The number of carbonyl (C=O) groups excluding carboxylic acids is 1. The molecule has 1 heterocycles. The summed E-state index contributed by atoms with van der Waals surface area (Å²) in [5.41, 5.74) is -0.176. The van der Waals surface area contributed by atoms with Crippen LogP contribution in [-0.4, -0.2) is 41.1 Å². The lowest BCUT2D eigenvalue weighted by Crippen LogP contribution is -2.34. The third-order valence-electron chi connectivity index (χ3n) is 4.06. The lowest BCUT2D eigenvalue weighted by Gasteiger charge is -2.25. The molecule has 0 aromatic heterocycles. The predicted molar refractivity (Wildman–Crippen MR) is 84.3 cm³/mol. The van der Waals surface area contributed by atoms with Gasteiger partial charge in [0.05, 0.1) is 11.7 Å². The number of halogens is 3. The Labute approximate surface area is 139 Å². The van der Waals surface area contributed by atoms with Crippen LogP contribution in [0.1, 0.15) is 43.9 Å². The number of aliphatic hydroxyl groups is 1. The fourth-order valence-electron chi connectivity index (χ4n) is 3.03. The molecule has 134 valence electrons. The van der Waals surface area contributed by atoms with Crippen molar-refractivity contribution in [3.8, 4) is 0 Å². The van der Waals surface area contributed by atoms with E-state index in [-0.39, 0.29) is 24.4 Å². The summed E-state index contributed by atoms with van der Waals surface area (Å²) in [6.45, 7) is 4.48. The molecule has 1 aliphatic rings. The minimum Gasteiger partial charge on any atom is -0.392 e. The zero-order chi connectivity index (χ0) is 17.9. The molecule has 1 aromatic carbocycles. The van der Waals surface area contributed by atoms with Crippen molar-refractivity contribution in [3.63, 3.8) is 0 Å². The van der Waals surface area contributed by atoms with E-state index in [2.05, 4.69) is 5.32 Å². The lowest BCUT2D eigenvalue weighted by molar-refractivity contribution is -0.137. The van der Waals surface area contributed by atoms with Crippen LogP contribution < -0.4 is 5.32 Å². The van der Waals surface area contributed by atoms with E-state index in [1.165, 1.54) is 6.07 Å². The second-order valence-electron chi connectivity index (χ2n) is 6.50. The van der Waals surface area contributed by atoms with Crippen molar-refractivity contribution in [2.45, 2.75) is 51.1 Å². The van der Waals surface area contributed by atoms with Crippen LogP contribution in [0.4, 0.5) is 13.2 Å². The van der Waals surface area contributed by atoms with Crippen LogP contribution in [0.3, 0.4) is 0 Å². The molecule has 1 amide bonds. The molecular formula is C17H23F3N2O2. The summed E-state index contributed by atoms with van der Waals surface area (Å²) < 4.78 is 38.7. The highest BCUT2D eigenvalue weighted by atomic mass is 19.4. The molecule has 0 spiro atoms. The maximum absolute atomic E-state index is 12.9. The molecule has 1 fully saturated rings. The quantitative estimate of drug-likeness (QED) is 0.864. The van der Waals surface area contributed by atoms with Gasteiger partial charge in [0.2, 0.25) is 5.91 Å². The molecule has 0 aliphatic carbocycles. The number of amides is 1. The van der Waals surface area contributed by atoms with Gasteiger partial charge in [-0.05, 0) is 38.0 Å². The van der Waals surface area contributed by atoms with Crippen molar-refractivity contribution < 1.29 is 23.1 Å². The summed E-state index contributed by atoms with van der Waals surface area (Å²) in [6, 6.07) is 4.92. The van der Waals surface area contributed by atoms with Crippen molar-refractivity contribution in [1.29, 1.82) is 0 Å². The molecular weight excluding hydrogens is 321 g/mol. The van der Waals surface area contributed by atoms with Gasteiger partial charge in [-0.1, -0.05) is 12.1 Å². The monoisotopic (exact) mass is 344 g/mol. The minimum absolute atomic E-state index is 0.0425. The molecule has 7 heteroatoms. The highest BCUT2D eigenvalue weighted by Crippen LogP contribution is 2.36. The van der Waals surface area contributed by atoms with Gasteiger partial charge in [0.15, 0.2) is 0 Å². The van der Waals surface area contributed by atoms with Gasteiger partial charge in [-0.2, -0.15) is 13.2 Å². The Morgan fingerprint density at radius 1 is 1.42 bits per heavy atom. The molecule has 0 unspecified atom stereocenters. The Morgan fingerprint density at radius 2 is 2.12 bits per heavy atom. The summed E-state index contributed by atoms with van der Waals surface area (Å²) >= 11 is 0. The summed E-state index contributed by atoms with van der Waals surface area (Å²) in [4.78, 5) is 13.6. The molecule has 0 bridgehead atoms. The number of aliphatic hydroxyl groups excluding tert-OH is 1. The number of alkyl halides is 3. The van der Waals surface area contributed by atoms with E-state index in [4.69, 9.17) is 0 Å². The Bertz CT molecular complexity index is 575. The number of nitrogens with one attached hydrogen (secondary N) is 1. The fourth-order valence-corrected chi connectivity index (χ4v) is 3.03. The molecule has 1 saturated heterocycles. The highest BCUT2D eigenvalue weighted by Gasteiger charge is 2.35. The third-order valence-corrected chi connectivity index (χ3v) is 4.06. The van der Waals surface area contributed by atoms with Crippen LogP contribution in [0.25, 0.3) is 0 Å². The van der Waals surface area contributed by atoms with Gasteiger partial charge >= 0.3 is 6.18 Å². The topological polar surface area (TPSA) is 52.6 Å². The van der Waals surface area contributed by atoms with Gasteiger partial charge in [-0.25, -0.2) is 0 Å². The number of carbonyl (C=O) groups is 1. The minimum atomic E-state index is -4.39. The molecule has 2 rings (SSSR count). The van der Waals surface area contributed by atoms with Crippen molar-refractivity contribution in [2.75, 3.05) is 13.1 Å². The third kappa shape index (κ3) is 4.95. The predicted octanol–water partition coefficient (Wildman–Crippen LogP) is 2.73. The lowest BCUT2D eigenvalue weighted by atomic mass is 10.0. The molecule has 2 atom stereocenters. The maximum Gasteiger partial charge on any atom is 0.416 e. The number of β-amino-alcohol motifs (C(OH)–C–C–N with tert-alkyl or cyclic N) is 1. The first-order valence-electron chi connectivity index (χ1n) is 8.05. The van der Waals surface area contributed by atoms with Crippen LogP contribution in [0, 0.1) is 0 Å². The second-order valence-corrected chi connectivity index (χ2v) is 6.50. The van der Waals surface area contributed by atoms with Crippen LogP contribution in [0.2, 0.25) is 0 Å². The summed E-state index contributed by atoms with van der Waals surface area (Å²) in [5.74, 6) is -0.103. The number of benzene rings is 1. The average Bonchev–Trinajstić information content (AvgIpc) is 2.85. The van der Waals surface area contributed by atoms with Crippen LogP contribution in [0.5, 0.6) is 0 Å². The second kappa shape index (κ2) is 7.53. The highest BCUT2D eigenvalue weighted by molar-refractivity contribution is 5.76. The number of hydrogen-bond donors (Lipinski definition) is 2. The van der Waals surface area contributed by atoms with Gasteiger partial charge in [-0.3, -0.25) is 9.69 Å². The van der Waals surface area contributed by atoms with Crippen LogP contribution in [-0.2, 0) is 11.0 Å². The van der Waals surface area contributed by atoms with E-state index in [9.17, 15) is 23.1 Å². The summed E-state index contributed by atoms with van der Waals surface area (Å²) in [5, 5.41) is 12.7. The molecule has 1 aliphatic heterocycles. The van der Waals surface area contributed by atoms with E-state index in [0.29, 0.717) is 25.1 Å². The molecule has 4 nitrogen and oxygen atoms in total. The van der Waals surface area contributed by atoms with E-state index in [1.807, 2.05) is 18.7 Å². The number of rotatable bonds is 5. The van der Waals surface area contributed by atoms with E-state index in [1.54, 1.807) is 6.07 Å². The standard InChI is InChI=1S/C17H23F3N2O2/c1-11(2)21-16(24)6-7-22-10-14(23)9-15(22)12-4-3-5-13(8-12)17(18,19)20/h3-5,8,11,14-15,23H,6-7,9-10H2,1-2H3,(H,21,24)/t14-,15-/m1/s1. The van der Waals surface area contributed by atoms with Gasteiger partial charge < -0.3 is 10.4 Å². The van der Waals surface area contributed by atoms with Gasteiger partial charge in [-0.15, -0.1) is 0 Å². The summed E-state index contributed by atoms with van der Waals surface area (Å²) in [6.07, 6.45) is -4.37. The normalized spacial score (nSPS) is 22.1. The average molecular weight is 344 g/mol. The maximum atomic E-state index is 12.9. The first-order valence-corrected chi connectivity index (χ1v) is 8.05. The Kier molecular flexibility index (Phi) is 5.87. The zero-order valence-electron chi connectivity index (χ0n) is 13.8. The van der Waals surface area contributed by atoms with Crippen molar-refractivity contribution >= 4 is 5.91 Å².